The van der Waals surface area contributed by atoms with Crippen molar-refractivity contribution in [1.82, 2.24) is 10.2 Å². The Hall–Kier alpha value is -0.510. The molecule has 96 valence electrons. The molecule has 0 fully saturated rings. The van der Waals surface area contributed by atoms with Gasteiger partial charge >= 0.3 is 0 Å². The molecule has 1 atom stereocenters. The third-order valence-corrected chi connectivity index (χ3v) is 3.93. The van der Waals surface area contributed by atoms with Crippen LogP contribution in [0.2, 0.25) is 0 Å². The number of hydrogen-bond donors (Lipinski definition) is 1. The molecule has 1 unspecified atom stereocenters. The fraction of sp³-hybridized carbons (Fsp3) is 0.571. The van der Waals surface area contributed by atoms with Crippen molar-refractivity contribution < 1.29 is 0 Å². The van der Waals surface area contributed by atoms with E-state index < -0.39 is 0 Å². The first-order chi connectivity index (χ1) is 8.13. The summed E-state index contributed by atoms with van der Waals surface area (Å²) in [7, 11) is 6.24. The second kappa shape index (κ2) is 7.75. The van der Waals surface area contributed by atoms with Gasteiger partial charge in [0, 0.05) is 10.9 Å². The van der Waals surface area contributed by atoms with Crippen molar-refractivity contribution in [2.45, 2.75) is 24.3 Å². The molecule has 1 aromatic carbocycles. The molecule has 0 heterocycles. The Labute approximate surface area is 110 Å². The Morgan fingerprint density at radius 3 is 2.41 bits per heavy atom. The molecule has 1 rings (SSSR count). The average Bonchev–Trinajstić information content (AvgIpc) is 2.34. The van der Waals surface area contributed by atoms with Crippen LogP contribution in [0.15, 0.2) is 29.2 Å². The number of hydrogen-bond acceptors (Lipinski definition) is 3. The van der Waals surface area contributed by atoms with Gasteiger partial charge in [-0.1, -0.05) is 12.1 Å². The van der Waals surface area contributed by atoms with E-state index in [9.17, 15) is 0 Å². The van der Waals surface area contributed by atoms with E-state index in [1.165, 1.54) is 29.2 Å². The first-order valence-corrected chi connectivity index (χ1v) is 7.17. The summed E-state index contributed by atoms with van der Waals surface area (Å²) in [5.74, 6) is 1.19. The fourth-order valence-electron chi connectivity index (χ4n) is 1.59. The van der Waals surface area contributed by atoms with Gasteiger partial charge in [0.1, 0.15) is 0 Å². The highest BCUT2D eigenvalue weighted by Crippen LogP contribution is 2.21. The van der Waals surface area contributed by atoms with Crippen LogP contribution >= 0.6 is 11.8 Å². The molecule has 0 spiro atoms. The van der Waals surface area contributed by atoms with Crippen molar-refractivity contribution in [3.8, 4) is 0 Å². The normalized spacial score (nSPS) is 13.0. The molecule has 0 aliphatic rings. The number of rotatable bonds is 7. The second-order valence-corrected chi connectivity index (χ2v) is 5.75. The van der Waals surface area contributed by atoms with E-state index in [1.807, 2.05) is 18.8 Å². The molecular weight excluding hydrogens is 228 g/mol. The molecule has 0 saturated heterocycles. The van der Waals surface area contributed by atoms with Gasteiger partial charge in [-0.2, -0.15) is 0 Å². The molecule has 1 aromatic rings. The smallest absolute Gasteiger partial charge is 0.0289 e. The van der Waals surface area contributed by atoms with Crippen LogP contribution in [0.1, 0.15) is 24.9 Å². The first kappa shape index (κ1) is 14.6. The van der Waals surface area contributed by atoms with E-state index in [2.05, 4.69) is 55.5 Å². The van der Waals surface area contributed by atoms with Crippen LogP contribution in [-0.2, 0) is 0 Å². The highest BCUT2D eigenvalue weighted by molar-refractivity contribution is 7.99. The average molecular weight is 252 g/mol. The van der Waals surface area contributed by atoms with Crippen LogP contribution < -0.4 is 5.32 Å². The maximum atomic E-state index is 3.25. The largest absolute Gasteiger partial charge is 0.313 e. The maximum absolute atomic E-state index is 3.25. The lowest BCUT2D eigenvalue weighted by Crippen LogP contribution is -2.13. The van der Waals surface area contributed by atoms with Gasteiger partial charge in [0.05, 0.1) is 0 Å². The zero-order chi connectivity index (χ0) is 12.7. The Kier molecular flexibility index (Phi) is 6.63. The summed E-state index contributed by atoms with van der Waals surface area (Å²) in [4.78, 5) is 3.61. The molecule has 0 saturated carbocycles. The van der Waals surface area contributed by atoms with Crippen LogP contribution in [0.25, 0.3) is 0 Å². The SMILES string of the molecule is CNC(C)c1ccc(SCCCN(C)C)cc1. The molecular formula is C14H24N2S. The Balaban J connectivity index is 2.35. The summed E-state index contributed by atoms with van der Waals surface area (Å²) in [6.45, 7) is 3.35. The Morgan fingerprint density at radius 2 is 1.88 bits per heavy atom. The number of nitrogens with zero attached hydrogens (tertiary/aromatic N) is 1. The molecule has 0 radical (unpaired) electrons. The topological polar surface area (TPSA) is 15.3 Å². The van der Waals surface area contributed by atoms with Crippen molar-refractivity contribution in [3.05, 3.63) is 29.8 Å². The predicted octanol–water partition coefficient (Wildman–Crippen LogP) is 3.01. The van der Waals surface area contributed by atoms with E-state index in [0.29, 0.717) is 6.04 Å². The van der Waals surface area contributed by atoms with Crippen molar-refractivity contribution in [3.63, 3.8) is 0 Å². The maximum Gasteiger partial charge on any atom is 0.0289 e. The molecule has 0 aliphatic heterocycles. The summed E-state index contributed by atoms with van der Waals surface area (Å²) in [5, 5.41) is 3.25. The molecule has 2 nitrogen and oxygen atoms in total. The minimum Gasteiger partial charge on any atom is -0.313 e. The lowest BCUT2D eigenvalue weighted by molar-refractivity contribution is 0.410. The molecule has 1 N–H and O–H groups in total. The van der Waals surface area contributed by atoms with Crippen molar-refractivity contribution in [2.24, 2.45) is 0 Å². The number of benzene rings is 1. The van der Waals surface area contributed by atoms with E-state index in [4.69, 9.17) is 0 Å². The van der Waals surface area contributed by atoms with Gasteiger partial charge in [0.15, 0.2) is 0 Å². The lowest BCUT2D eigenvalue weighted by Gasteiger charge is -2.11. The monoisotopic (exact) mass is 252 g/mol. The van der Waals surface area contributed by atoms with Gasteiger partial charge in [0.25, 0.3) is 0 Å². The summed E-state index contributed by atoms with van der Waals surface area (Å²) in [6, 6.07) is 9.32. The van der Waals surface area contributed by atoms with Gasteiger partial charge in [-0.3, -0.25) is 0 Å². The second-order valence-electron chi connectivity index (χ2n) is 4.58. The van der Waals surface area contributed by atoms with Crippen LogP contribution in [0.5, 0.6) is 0 Å². The molecule has 0 aliphatic carbocycles. The Bertz CT molecular complexity index is 309. The molecule has 0 aromatic heterocycles. The van der Waals surface area contributed by atoms with E-state index >= 15 is 0 Å². The van der Waals surface area contributed by atoms with Crippen LogP contribution in [-0.4, -0.2) is 38.3 Å². The van der Waals surface area contributed by atoms with E-state index in [0.717, 1.165) is 0 Å². The number of thioether (sulfide) groups is 1. The van der Waals surface area contributed by atoms with Gasteiger partial charge in [-0.05, 0) is 64.5 Å². The van der Waals surface area contributed by atoms with E-state index in [-0.39, 0.29) is 0 Å². The third kappa shape index (κ3) is 5.57. The van der Waals surface area contributed by atoms with Crippen molar-refractivity contribution >= 4 is 11.8 Å². The van der Waals surface area contributed by atoms with Crippen molar-refractivity contribution in [1.29, 1.82) is 0 Å². The number of nitrogens with one attached hydrogen (secondary N) is 1. The third-order valence-electron chi connectivity index (χ3n) is 2.83. The first-order valence-electron chi connectivity index (χ1n) is 6.18. The zero-order valence-corrected chi connectivity index (χ0v) is 12.2. The molecule has 3 heteroatoms. The van der Waals surface area contributed by atoms with Gasteiger partial charge in [0.2, 0.25) is 0 Å². The van der Waals surface area contributed by atoms with Gasteiger partial charge in [-0.15, -0.1) is 11.8 Å². The van der Waals surface area contributed by atoms with Crippen LogP contribution in [0, 0.1) is 0 Å². The molecule has 17 heavy (non-hydrogen) atoms. The van der Waals surface area contributed by atoms with E-state index in [1.54, 1.807) is 0 Å². The quantitative estimate of drug-likeness (QED) is 0.593. The zero-order valence-electron chi connectivity index (χ0n) is 11.4. The fourth-order valence-corrected chi connectivity index (χ4v) is 2.43. The van der Waals surface area contributed by atoms with Gasteiger partial charge < -0.3 is 10.2 Å². The predicted molar refractivity (Wildman–Crippen MR) is 77.8 cm³/mol. The minimum absolute atomic E-state index is 0.433. The Morgan fingerprint density at radius 1 is 1.24 bits per heavy atom. The summed E-state index contributed by atoms with van der Waals surface area (Å²) >= 11 is 1.94. The highest BCUT2D eigenvalue weighted by atomic mass is 32.2. The standard InChI is InChI=1S/C14H24N2S/c1-12(15-2)13-6-8-14(9-7-13)17-11-5-10-16(3)4/h6-9,12,15H,5,10-11H2,1-4H3. The minimum atomic E-state index is 0.433. The van der Waals surface area contributed by atoms with Crippen molar-refractivity contribution in [2.75, 3.05) is 33.4 Å². The lowest BCUT2D eigenvalue weighted by atomic mass is 10.1. The highest BCUT2D eigenvalue weighted by Gasteiger charge is 2.02. The summed E-state index contributed by atoms with van der Waals surface area (Å²) < 4.78 is 0. The molecule has 0 amide bonds. The van der Waals surface area contributed by atoms with Gasteiger partial charge in [-0.25, -0.2) is 0 Å². The van der Waals surface area contributed by atoms with Crippen LogP contribution in [0.3, 0.4) is 0 Å². The summed E-state index contributed by atoms with van der Waals surface area (Å²) in [5.41, 5.74) is 1.35. The summed E-state index contributed by atoms with van der Waals surface area (Å²) in [6.07, 6.45) is 1.24. The molecule has 0 bridgehead atoms. The van der Waals surface area contributed by atoms with Crippen LogP contribution in [0.4, 0.5) is 0 Å².